The van der Waals surface area contributed by atoms with E-state index in [0.29, 0.717) is 55.8 Å². The molecule has 192 valence electrons. The minimum atomic E-state index is -0.574. The van der Waals surface area contributed by atoms with E-state index in [1.807, 2.05) is 17.0 Å². The van der Waals surface area contributed by atoms with Crippen molar-refractivity contribution in [2.24, 2.45) is 5.73 Å². The lowest BCUT2D eigenvalue weighted by molar-refractivity contribution is -0.131. The molecule has 1 aromatic carbocycles. The summed E-state index contributed by atoms with van der Waals surface area (Å²) in [6.07, 6.45) is 3.58. The lowest BCUT2D eigenvalue weighted by Crippen LogP contribution is -2.49. The number of amides is 3. The topological polar surface area (TPSA) is 109 Å². The molecule has 9 nitrogen and oxygen atoms in total. The van der Waals surface area contributed by atoms with E-state index >= 15 is 4.39 Å². The summed E-state index contributed by atoms with van der Waals surface area (Å²) >= 11 is 0. The number of carbonyl (C=O) groups is 3. The number of carbonyl (C=O) groups excluding carboxylic acids is 3. The van der Waals surface area contributed by atoms with Crippen molar-refractivity contribution in [3.63, 3.8) is 0 Å². The summed E-state index contributed by atoms with van der Waals surface area (Å²) in [7, 11) is 0. The molecular formula is C26H32FN5O4. The van der Waals surface area contributed by atoms with Crippen molar-refractivity contribution in [1.82, 2.24) is 9.88 Å². The first-order valence-corrected chi connectivity index (χ1v) is 12.4. The van der Waals surface area contributed by atoms with Crippen LogP contribution in [0.25, 0.3) is 11.1 Å². The van der Waals surface area contributed by atoms with Crippen molar-refractivity contribution in [2.45, 2.75) is 45.1 Å². The molecule has 2 saturated heterocycles. The molecule has 1 aromatic heterocycles. The Morgan fingerprint density at radius 3 is 2.56 bits per heavy atom. The Hall–Kier alpha value is -3.69. The zero-order valence-electron chi connectivity index (χ0n) is 20.5. The Kier molecular flexibility index (Phi) is 8.02. The summed E-state index contributed by atoms with van der Waals surface area (Å²) in [4.78, 5) is 45.4. The first kappa shape index (κ1) is 25.4. The molecule has 0 radical (unpaired) electrons. The van der Waals surface area contributed by atoms with Crippen LogP contribution in [-0.2, 0) is 14.3 Å². The van der Waals surface area contributed by atoms with Crippen LogP contribution >= 0.6 is 0 Å². The van der Waals surface area contributed by atoms with Crippen LogP contribution in [0.4, 0.5) is 20.7 Å². The van der Waals surface area contributed by atoms with Crippen molar-refractivity contribution in [3.8, 4) is 11.1 Å². The molecule has 10 heteroatoms. The number of ether oxygens (including phenoxy) is 1. The molecule has 2 fully saturated rings. The fourth-order valence-electron chi connectivity index (χ4n) is 4.50. The molecule has 0 spiro atoms. The number of pyridine rings is 1. The second kappa shape index (κ2) is 11.4. The number of anilines is 2. The number of piperazine rings is 1. The number of unbranched alkanes of at least 4 members (excludes halogenated alkanes) is 1. The van der Waals surface area contributed by atoms with E-state index in [0.717, 1.165) is 18.7 Å². The standard InChI is InChI=1S/C26H32FN5O4/c1-2-3-4-25(34)31-13-11-30(12-14-31)24-10-5-18(16-29-24)21-8-6-19(15-22(21)27)32-17-20(36-26(32)35)7-9-23(28)33/h5-6,8,10,15-16,20H,2-4,7,9,11-14,17H2,1H3,(H2,28,33). The minimum absolute atomic E-state index is 0.120. The van der Waals surface area contributed by atoms with Crippen LogP contribution in [-0.4, -0.2) is 66.6 Å². The number of halogens is 1. The molecule has 0 bridgehead atoms. The summed E-state index contributed by atoms with van der Waals surface area (Å²) in [5.74, 6) is 0.0642. The van der Waals surface area contributed by atoms with Crippen LogP contribution in [0.3, 0.4) is 0 Å². The number of primary amides is 1. The zero-order chi connectivity index (χ0) is 25.7. The molecule has 2 N–H and O–H groups in total. The van der Waals surface area contributed by atoms with E-state index < -0.39 is 23.9 Å². The van der Waals surface area contributed by atoms with Gasteiger partial charge in [0.2, 0.25) is 11.8 Å². The Bertz CT molecular complexity index is 1100. The van der Waals surface area contributed by atoms with Gasteiger partial charge in [-0.05, 0) is 43.2 Å². The van der Waals surface area contributed by atoms with Gasteiger partial charge < -0.3 is 20.3 Å². The predicted octanol–water partition coefficient (Wildman–Crippen LogP) is 3.32. The van der Waals surface area contributed by atoms with Gasteiger partial charge in [0, 0.05) is 56.3 Å². The average Bonchev–Trinajstić information content (AvgIpc) is 3.26. The highest BCUT2D eigenvalue weighted by atomic mass is 19.1. The van der Waals surface area contributed by atoms with Crippen LogP contribution in [0.5, 0.6) is 0 Å². The fraction of sp³-hybridized carbons (Fsp3) is 0.462. The van der Waals surface area contributed by atoms with Crippen LogP contribution < -0.4 is 15.5 Å². The highest BCUT2D eigenvalue weighted by Gasteiger charge is 2.32. The molecule has 1 unspecified atom stereocenters. The van der Waals surface area contributed by atoms with Gasteiger partial charge in [0.05, 0.1) is 12.2 Å². The van der Waals surface area contributed by atoms with Crippen molar-refractivity contribution in [2.75, 3.05) is 42.5 Å². The van der Waals surface area contributed by atoms with E-state index in [1.54, 1.807) is 18.3 Å². The molecule has 0 saturated carbocycles. The maximum absolute atomic E-state index is 15.0. The molecule has 36 heavy (non-hydrogen) atoms. The van der Waals surface area contributed by atoms with Gasteiger partial charge in [0.25, 0.3) is 0 Å². The van der Waals surface area contributed by atoms with Gasteiger partial charge in [0.1, 0.15) is 17.7 Å². The molecule has 2 aromatic rings. The largest absolute Gasteiger partial charge is 0.444 e. The van der Waals surface area contributed by atoms with Gasteiger partial charge in [-0.25, -0.2) is 14.2 Å². The SMILES string of the molecule is CCCCC(=O)N1CCN(c2ccc(-c3ccc(N4CC(CCC(N)=O)OC4=O)cc3F)cn2)CC1. The number of hydrogen-bond acceptors (Lipinski definition) is 6. The Labute approximate surface area is 210 Å². The predicted molar refractivity (Wildman–Crippen MR) is 134 cm³/mol. The van der Waals surface area contributed by atoms with E-state index in [9.17, 15) is 14.4 Å². The van der Waals surface area contributed by atoms with Crippen LogP contribution in [0, 0.1) is 5.82 Å². The molecule has 0 aliphatic carbocycles. The highest BCUT2D eigenvalue weighted by Crippen LogP contribution is 2.30. The Morgan fingerprint density at radius 2 is 1.92 bits per heavy atom. The number of hydrogen-bond donors (Lipinski definition) is 1. The summed E-state index contributed by atoms with van der Waals surface area (Å²) in [5.41, 5.74) is 6.55. The second-order valence-corrected chi connectivity index (χ2v) is 9.16. The first-order chi connectivity index (χ1) is 17.4. The van der Waals surface area contributed by atoms with E-state index in [-0.39, 0.29) is 18.9 Å². The Balaban J connectivity index is 1.37. The lowest BCUT2D eigenvalue weighted by Gasteiger charge is -2.35. The summed E-state index contributed by atoms with van der Waals surface area (Å²) in [5, 5.41) is 0. The van der Waals surface area contributed by atoms with Crippen molar-refractivity contribution in [1.29, 1.82) is 0 Å². The van der Waals surface area contributed by atoms with Crippen LogP contribution in [0.2, 0.25) is 0 Å². The molecule has 4 rings (SSSR count). The smallest absolute Gasteiger partial charge is 0.414 e. The molecular weight excluding hydrogens is 465 g/mol. The summed E-state index contributed by atoms with van der Waals surface area (Å²) in [6, 6.07) is 8.27. The summed E-state index contributed by atoms with van der Waals surface area (Å²) in [6.45, 7) is 5.07. The molecule has 2 aliphatic rings. The molecule has 3 heterocycles. The highest BCUT2D eigenvalue weighted by molar-refractivity contribution is 5.90. The average molecular weight is 498 g/mol. The first-order valence-electron chi connectivity index (χ1n) is 12.4. The van der Waals surface area contributed by atoms with Crippen molar-refractivity contribution in [3.05, 3.63) is 42.3 Å². The number of rotatable bonds is 9. The van der Waals surface area contributed by atoms with Crippen LogP contribution in [0.15, 0.2) is 36.5 Å². The number of nitrogens with zero attached hydrogens (tertiary/aromatic N) is 4. The number of nitrogens with two attached hydrogens (primary N) is 1. The third-order valence-corrected chi connectivity index (χ3v) is 6.61. The maximum atomic E-state index is 15.0. The fourth-order valence-corrected chi connectivity index (χ4v) is 4.50. The Morgan fingerprint density at radius 1 is 1.14 bits per heavy atom. The van der Waals surface area contributed by atoms with Gasteiger partial charge in [-0.15, -0.1) is 0 Å². The van der Waals surface area contributed by atoms with E-state index in [1.165, 1.54) is 11.0 Å². The monoisotopic (exact) mass is 497 g/mol. The number of cyclic esters (lactones) is 1. The number of benzene rings is 1. The third kappa shape index (κ3) is 5.92. The van der Waals surface area contributed by atoms with Gasteiger partial charge in [-0.1, -0.05) is 13.3 Å². The van der Waals surface area contributed by atoms with E-state index in [4.69, 9.17) is 10.5 Å². The van der Waals surface area contributed by atoms with Crippen molar-refractivity contribution >= 4 is 29.4 Å². The second-order valence-electron chi connectivity index (χ2n) is 9.16. The number of aromatic nitrogens is 1. The van der Waals surface area contributed by atoms with Gasteiger partial charge >= 0.3 is 6.09 Å². The molecule has 2 aliphatic heterocycles. The molecule has 1 atom stereocenters. The van der Waals surface area contributed by atoms with Crippen molar-refractivity contribution < 1.29 is 23.5 Å². The summed E-state index contributed by atoms with van der Waals surface area (Å²) < 4.78 is 20.3. The van der Waals surface area contributed by atoms with Gasteiger partial charge in [-0.3, -0.25) is 14.5 Å². The van der Waals surface area contributed by atoms with Crippen LogP contribution in [0.1, 0.15) is 39.0 Å². The third-order valence-electron chi connectivity index (χ3n) is 6.61. The quantitative estimate of drug-likeness (QED) is 0.569. The van der Waals surface area contributed by atoms with Gasteiger partial charge in [0.15, 0.2) is 0 Å². The minimum Gasteiger partial charge on any atom is -0.444 e. The normalized spacial score (nSPS) is 17.9. The maximum Gasteiger partial charge on any atom is 0.414 e. The van der Waals surface area contributed by atoms with Gasteiger partial charge in [-0.2, -0.15) is 0 Å². The lowest BCUT2D eigenvalue weighted by atomic mass is 10.1. The molecule has 3 amide bonds. The zero-order valence-corrected chi connectivity index (χ0v) is 20.5. The van der Waals surface area contributed by atoms with E-state index in [2.05, 4.69) is 16.8 Å².